The van der Waals surface area contributed by atoms with Gasteiger partial charge in [-0.2, -0.15) is 0 Å². The van der Waals surface area contributed by atoms with Gasteiger partial charge in [-0.1, -0.05) is 29.4 Å². The van der Waals surface area contributed by atoms with Gasteiger partial charge < -0.3 is 4.52 Å². The van der Waals surface area contributed by atoms with E-state index in [1.165, 1.54) is 22.5 Å². The van der Waals surface area contributed by atoms with Gasteiger partial charge in [-0.3, -0.25) is 4.90 Å². The van der Waals surface area contributed by atoms with Crippen molar-refractivity contribution in [3.05, 3.63) is 59.8 Å². The Morgan fingerprint density at radius 1 is 1.22 bits per heavy atom. The van der Waals surface area contributed by atoms with Crippen molar-refractivity contribution in [2.24, 2.45) is 0 Å². The van der Waals surface area contributed by atoms with Crippen LogP contribution in [0.1, 0.15) is 18.1 Å². The van der Waals surface area contributed by atoms with Crippen LogP contribution in [0.5, 0.6) is 0 Å². The third kappa shape index (κ3) is 4.14. The number of thiophene rings is 1. The van der Waals surface area contributed by atoms with E-state index in [1.54, 1.807) is 24.4 Å². The molecule has 3 heterocycles. The molecule has 2 aromatic heterocycles. The molecule has 0 aliphatic carbocycles. The van der Waals surface area contributed by atoms with Crippen molar-refractivity contribution in [2.45, 2.75) is 30.1 Å². The van der Waals surface area contributed by atoms with E-state index in [-0.39, 0.29) is 10.3 Å². The molecular weight excluding hydrogens is 382 g/mol. The summed E-state index contributed by atoms with van der Waals surface area (Å²) in [7, 11) is -3.56. The van der Waals surface area contributed by atoms with Gasteiger partial charge in [-0.15, -0.1) is 11.3 Å². The highest BCUT2D eigenvalue weighted by Gasteiger charge is 2.23. The van der Waals surface area contributed by atoms with E-state index in [1.807, 2.05) is 6.92 Å². The van der Waals surface area contributed by atoms with Crippen LogP contribution in [0.15, 0.2) is 57.4 Å². The average molecular weight is 404 g/mol. The summed E-state index contributed by atoms with van der Waals surface area (Å²) in [5.41, 5.74) is 2.72. The predicted octanol–water partition coefficient (Wildman–Crippen LogP) is 3.13. The van der Waals surface area contributed by atoms with Crippen molar-refractivity contribution >= 4 is 21.4 Å². The molecule has 4 rings (SSSR count). The van der Waals surface area contributed by atoms with E-state index in [0.717, 1.165) is 24.4 Å². The lowest BCUT2D eigenvalue weighted by Crippen LogP contribution is -2.43. The Labute approximate surface area is 162 Å². The van der Waals surface area contributed by atoms with Gasteiger partial charge >= 0.3 is 0 Å². The zero-order valence-corrected chi connectivity index (χ0v) is 16.6. The number of sulfonamides is 1. The lowest BCUT2D eigenvalue weighted by Gasteiger charge is -2.30. The van der Waals surface area contributed by atoms with Gasteiger partial charge in [0.2, 0.25) is 10.0 Å². The molecule has 8 heteroatoms. The molecule has 142 valence electrons. The fourth-order valence-corrected chi connectivity index (χ4v) is 5.91. The molecule has 0 saturated carbocycles. The molecule has 1 aliphatic heterocycles. The van der Waals surface area contributed by atoms with Crippen LogP contribution in [-0.4, -0.2) is 37.6 Å². The third-order valence-electron chi connectivity index (χ3n) is 4.62. The van der Waals surface area contributed by atoms with Crippen LogP contribution in [-0.2, 0) is 23.0 Å². The van der Waals surface area contributed by atoms with E-state index >= 15 is 0 Å². The van der Waals surface area contributed by atoms with E-state index in [2.05, 4.69) is 39.0 Å². The maximum atomic E-state index is 12.7. The number of hydrogen-bond acceptors (Lipinski definition) is 6. The summed E-state index contributed by atoms with van der Waals surface area (Å²) in [6, 6.07) is 13.3. The molecule has 3 aromatic rings. The summed E-state index contributed by atoms with van der Waals surface area (Å²) >= 11 is 1.18. The summed E-state index contributed by atoms with van der Waals surface area (Å²) in [6.45, 7) is 4.38. The van der Waals surface area contributed by atoms with Gasteiger partial charge in [0.15, 0.2) is 5.76 Å². The van der Waals surface area contributed by atoms with E-state index in [4.69, 9.17) is 4.52 Å². The van der Waals surface area contributed by atoms with E-state index in [0.29, 0.717) is 12.3 Å². The summed E-state index contributed by atoms with van der Waals surface area (Å²) < 4.78 is 33.6. The van der Waals surface area contributed by atoms with Crippen LogP contribution in [0, 0.1) is 0 Å². The fraction of sp³-hybridized carbons (Fsp3) is 0.316. The zero-order chi connectivity index (χ0) is 18.9. The summed E-state index contributed by atoms with van der Waals surface area (Å²) in [4.78, 5) is 3.04. The van der Waals surface area contributed by atoms with Gasteiger partial charge in [0, 0.05) is 31.7 Å². The molecule has 0 fully saturated rings. The first kappa shape index (κ1) is 18.4. The molecular formula is C19H21N3O3S2. The Hall–Kier alpha value is -2.00. The molecule has 27 heavy (non-hydrogen) atoms. The second-order valence-electron chi connectivity index (χ2n) is 6.77. The van der Waals surface area contributed by atoms with Crippen molar-refractivity contribution in [2.75, 3.05) is 13.1 Å². The minimum Gasteiger partial charge on any atom is -0.355 e. The molecule has 0 radical (unpaired) electrons. The second kappa shape index (κ2) is 7.55. The molecule has 1 N–H and O–H groups in total. The Balaban J connectivity index is 1.40. The van der Waals surface area contributed by atoms with E-state index in [9.17, 15) is 8.42 Å². The number of aromatic nitrogens is 1. The lowest BCUT2D eigenvalue weighted by atomic mass is 10.00. The van der Waals surface area contributed by atoms with Crippen LogP contribution >= 0.6 is 11.3 Å². The highest BCUT2D eigenvalue weighted by molar-refractivity contribution is 7.91. The first-order valence-corrected chi connectivity index (χ1v) is 11.1. The lowest BCUT2D eigenvalue weighted by molar-refractivity contribution is 0.238. The molecule has 1 aromatic carbocycles. The van der Waals surface area contributed by atoms with Gasteiger partial charge in [0.05, 0.1) is 11.1 Å². The topological polar surface area (TPSA) is 75.4 Å². The highest BCUT2D eigenvalue weighted by Crippen LogP contribution is 2.30. The van der Waals surface area contributed by atoms with Crippen molar-refractivity contribution in [3.63, 3.8) is 0 Å². The minimum atomic E-state index is -3.56. The summed E-state index contributed by atoms with van der Waals surface area (Å²) in [6.07, 6.45) is 2.54. The van der Waals surface area contributed by atoms with Gasteiger partial charge in [-0.05, 0) is 36.6 Å². The van der Waals surface area contributed by atoms with E-state index < -0.39 is 10.0 Å². The van der Waals surface area contributed by atoms with Crippen LogP contribution in [0.25, 0.3) is 10.6 Å². The smallest absolute Gasteiger partial charge is 0.250 e. The van der Waals surface area contributed by atoms with Gasteiger partial charge in [0.25, 0.3) is 0 Å². The molecule has 0 unspecified atom stereocenters. The SMILES string of the molecule is C[C@H](CN1CCc2ccccc2C1)NS(=O)(=O)c1ccc(-c2ccno2)s1. The van der Waals surface area contributed by atoms with Crippen LogP contribution < -0.4 is 4.72 Å². The van der Waals surface area contributed by atoms with Crippen LogP contribution in [0.2, 0.25) is 0 Å². The predicted molar refractivity (Wildman–Crippen MR) is 105 cm³/mol. The molecule has 0 amide bonds. The third-order valence-corrected chi connectivity index (χ3v) is 7.81. The molecule has 0 saturated heterocycles. The second-order valence-corrected chi connectivity index (χ2v) is 9.80. The monoisotopic (exact) mass is 403 g/mol. The molecule has 0 spiro atoms. The van der Waals surface area contributed by atoms with Crippen molar-refractivity contribution in [3.8, 4) is 10.6 Å². The van der Waals surface area contributed by atoms with Crippen molar-refractivity contribution in [1.29, 1.82) is 0 Å². The summed E-state index contributed by atoms with van der Waals surface area (Å²) in [5, 5.41) is 3.66. The number of nitrogens with zero attached hydrogens (tertiary/aromatic N) is 2. The number of rotatable bonds is 6. The Bertz CT molecular complexity index is 1010. The maximum absolute atomic E-state index is 12.7. The van der Waals surface area contributed by atoms with Crippen LogP contribution in [0.3, 0.4) is 0 Å². The average Bonchev–Trinajstić information content (AvgIpc) is 3.32. The van der Waals surface area contributed by atoms with Gasteiger partial charge in [-0.25, -0.2) is 13.1 Å². The number of nitrogens with one attached hydrogen (secondary N) is 1. The summed E-state index contributed by atoms with van der Waals surface area (Å²) in [5.74, 6) is 0.571. The standard InChI is InChI=1S/C19H21N3O3S2/c1-14(12-22-11-9-15-4-2-3-5-16(15)13-22)21-27(23,24)19-7-6-18(26-19)17-8-10-20-25-17/h2-8,10,14,21H,9,11-13H2,1H3/t14-/m1/s1. The number of benzene rings is 1. The fourth-order valence-electron chi connectivity index (χ4n) is 3.40. The normalized spacial score (nSPS) is 16.2. The molecule has 1 aliphatic rings. The quantitative estimate of drug-likeness (QED) is 0.684. The van der Waals surface area contributed by atoms with Crippen molar-refractivity contribution < 1.29 is 12.9 Å². The maximum Gasteiger partial charge on any atom is 0.250 e. The largest absolute Gasteiger partial charge is 0.355 e. The Kier molecular flexibility index (Phi) is 5.14. The number of fused-ring (bicyclic) bond motifs is 1. The number of hydrogen-bond donors (Lipinski definition) is 1. The molecule has 1 atom stereocenters. The first-order valence-electron chi connectivity index (χ1n) is 8.83. The van der Waals surface area contributed by atoms with Gasteiger partial charge in [0.1, 0.15) is 4.21 Å². The molecule has 0 bridgehead atoms. The van der Waals surface area contributed by atoms with Crippen LogP contribution in [0.4, 0.5) is 0 Å². The zero-order valence-electron chi connectivity index (χ0n) is 15.0. The molecule has 6 nitrogen and oxygen atoms in total. The van der Waals surface area contributed by atoms with Crippen molar-refractivity contribution in [1.82, 2.24) is 14.8 Å². The Morgan fingerprint density at radius 3 is 2.81 bits per heavy atom. The Morgan fingerprint density at radius 2 is 2.04 bits per heavy atom. The highest BCUT2D eigenvalue weighted by atomic mass is 32.2. The minimum absolute atomic E-state index is 0.184. The first-order chi connectivity index (χ1) is 13.0.